The molecule has 0 N–H and O–H groups in total. The van der Waals surface area contributed by atoms with Gasteiger partial charge in [0.1, 0.15) is 26.4 Å². The van der Waals surface area contributed by atoms with Gasteiger partial charge in [0.2, 0.25) is 0 Å². The van der Waals surface area contributed by atoms with Crippen molar-refractivity contribution in [3.63, 3.8) is 0 Å². The second kappa shape index (κ2) is 11.8. The smallest absolute Gasteiger partial charge is 0.162 e. The molecule has 0 fully saturated rings. The van der Waals surface area contributed by atoms with Crippen molar-refractivity contribution >= 4 is 21.5 Å². The van der Waals surface area contributed by atoms with E-state index in [0.29, 0.717) is 75.9 Å². The Bertz CT molecular complexity index is 1230. The first-order chi connectivity index (χ1) is 17.8. The number of benzene rings is 4. The molecule has 1 heterocycles. The predicted molar refractivity (Wildman–Crippen MR) is 141 cm³/mol. The lowest BCUT2D eigenvalue weighted by molar-refractivity contribution is 0.0269. The zero-order valence-corrected chi connectivity index (χ0v) is 20.2. The summed E-state index contributed by atoms with van der Waals surface area (Å²) < 4.78 is 35.6. The minimum Gasteiger partial charge on any atom is -0.487 e. The highest BCUT2D eigenvalue weighted by Gasteiger charge is 2.12. The Morgan fingerprint density at radius 3 is 1.17 bits per heavy atom. The number of rotatable bonds is 0. The zero-order valence-electron chi connectivity index (χ0n) is 20.2. The summed E-state index contributed by atoms with van der Waals surface area (Å²) in [6.45, 7) is 7.42. The highest BCUT2D eigenvalue weighted by molar-refractivity contribution is 5.86. The molecule has 0 aromatic heterocycles. The molecule has 0 radical (unpaired) electrons. The van der Waals surface area contributed by atoms with Gasteiger partial charge in [-0.3, -0.25) is 0 Å². The lowest BCUT2D eigenvalue weighted by atomic mass is 10.1. The molecule has 6 heteroatoms. The van der Waals surface area contributed by atoms with Crippen LogP contribution in [0.25, 0.3) is 21.5 Å². The third-order valence-corrected chi connectivity index (χ3v) is 5.83. The van der Waals surface area contributed by atoms with Gasteiger partial charge in [-0.2, -0.15) is 0 Å². The molecule has 0 spiro atoms. The van der Waals surface area contributed by atoms with Crippen LogP contribution in [0, 0.1) is 0 Å². The molecule has 36 heavy (non-hydrogen) atoms. The van der Waals surface area contributed by atoms with Gasteiger partial charge in [-0.15, -0.1) is 0 Å². The van der Waals surface area contributed by atoms with Gasteiger partial charge >= 0.3 is 0 Å². The van der Waals surface area contributed by atoms with Crippen LogP contribution >= 0.6 is 0 Å². The van der Waals surface area contributed by atoms with Crippen LogP contribution in [-0.2, 0) is 9.47 Å². The molecule has 0 amide bonds. The summed E-state index contributed by atoms with van der Waals surface area (Å²) in [5.41, 5.74) is 0.790. The molecule has 1 aliphatic rings. The van der Waals surface area contributed by atoms with E-state index >= 15 is 0 Å². The maximum absolute atomic E-state index is 6.14. The molecule has 0 saturated heterocycles. The summed E-state index contributed by atoms with van der Waals surface area (Å²) in [6.07, 6.45) is 0. The van der Waals surface area contributed by atoms with Crippen molar-refractivity contribution < 1.29 is 28.4 Å². The van der Waals surface area contributed by atoms with E-state index in [1.807, 2.05) is 48.5 Å². The Labute approximate surface area is 210 Å². The monoisotopic (exact) mass is 486 g/mol. The summed E-state index contributed by atoms with van der Waals surface area (Å²) in [4.78, 5) is 0. The van der Waals surface area contributed by atoms with E-state index in [-0.39, 0.29) is 0 Å². The van der Waals surface area contributed by atoms with Gasteiger partial charge in [-0.25, -0.2) is 0 Å². The summed E-state index contributed by atoms with van der Waals surface area (Å²) in [6, 6.07) is 24.2. The summed E-state index contributed by atoms with van der Waals surface area (Å²) >= 11 is 0. The molecule has 0 aliphatic carbocycles. The fraction of sp³-hybridized carbons (Fsp3) is 0.267. The van der Waals surface area contributed by atoms with Gasteiger partial charge < -0.3 is 28.4 Å². The van der Waals surface area contributed by atoms with E-state index in [9.17, 15) is 0 Å². The molecule has 0 bridgehead atoms. The van der Waals surface area contributed by atoms with E-state index < -0.39 is 0 Å². The van der Waals surface area contributed by atoms with Crippen molar-refractivity contribution in [2.45, 2.75) is 0 Å². The maximum Gasteiger partial charge on any atom is 0.162 e. The molecule has 186 valence electrons. The van der Waals surface area contributed by atoms with Gasteiger partial charge in [0.05, 0.1) is 26.4 Å². The normalized spacial score (nSPS) is 16.2. The van der Waals surface area contributed by atoms with Crippen molar-refractivity contribution in [3.05, 3.63) is 84.9 Å². The van der Waals surface area contributed by atoms with Crippen LogP contribution in [0.1, 0.15) is 0 Å². The lowest BCUT2D eigenvalue weighted by Crippen LogP contribution is -2.13. The van der Waals surface area contributed by atoms with E-state index in [2.05, 4.69) is 30.8 Å². The Kier molecular flexibility index (Phi) is 7.86. The SMILES string of the molecule is C=C1COc2cc3ccccc3cc2OCCOCCOCCOc2cc3ccccc3cc2OC1. The zero-order chi connectivity index (χ0) is 24.6. The molecule has 5 rings (SSSR count). The number of hydrogen-bond acceptors (Lipinski definition) is 6. The second-order valence-corrected chi connectivity index (χ2v) is 8.54. The van der Waals surface area contributed by atoms with Gasteiger partial charge in [0.15, 0.2) is 23.0 Å². The fourth-order valence-electron chi connectivity index (χ4n) is 3.99. The average Bonchev–Trinajstić information content (AvgIpc) is 2.91. The Morgan fingerprint density at radius 2 is 0.778 bits per heavy atom. The molecule has 4 aromatic rings. The minimum atomic E-state index is 0.294. The van der Waals surface area contributed by atoms with Gasteiger partial charge in [-0.05, 0) is 51.4 Å². The van der Waals surface area contributed by atoms with Crippen LogP contribution in [0.15, 0.2) is 84.9 Å². The lowest BCUT2D eigenvalue weighted by Gasteiger charge is -2.17. The van der Waals surface area contributed by atoms with Gasteiger partial charge in [0.25, 0.3) is 0 Å². The maximum atomic E-state index is 6.14. The molecule has 1 aliphatic heterocycles. The molecule has 6 nitrogen and oxygen atoms in total. The van der Waals surface area contributed by atoms with E-state index in [0.717, 1.165) is 27.1 Å². The third kappa shape index (κ3) is 6.08. The molecule has 0 saturated carbocycles. The number of ether oxygens (including phenoxy) is 6. The van der Waals surface area contributed by atoms with Crippen LogP contribution in [0.5, 0.6) is 23.0 Å². The minimum absolute atomic E-state index is 0.294. The molecule has 0 unspecified atom stereocenters. The van der Waals surface area contributed by atoms with Crippen LogP contribution in [0.4, 0.5) is 0 Å². The summed E-state index contributed by atoms with van der Waals surface area (Å²) in [5, 5.41) is 4.31. The topological polar surface area (TPSA) is 55.4 Å². The quantitative estimate of drug-likeness (QED) is 0.292. The largest absolute Gasteiger partial charge is 0.487 e. The van der Waals surface area contributed by atoms with Crippen molar-refractivity contribution in [2.24, 2.45) is 0 Å². The highest BCUT2D eigenvalue weighted by Crippen LogP contribution is 2.34. The van der Waals surface area contributed by atoms with E-state index in [4.69, 9.17) is 28.4 Å². The molecule has 0 atom stereocenters. The first-order valence-electron chi connectivity index (χ1n) is 12.2. The highest BCUT2D eigenvalue weighted by atomic mass is 16.6. The Hall–Kier alpha value is -3.74. The fourth-order valence-corrected chi connectivity index (χ4v) is 3.99. The first kappa shape index (κ1) is 24.0. The van der Waals surface area contributed by atoms with E-state index in [1.54, 1.807) is 0 Å². The first-order valence-corrected chi connectivity index (χ1v) is 12.2. The summed E-state index contributed by atoms with van der Waals surface area (Å²) in [5.74, 6) is 2.66. The van der Waals surface area contributed by atoms with Crippen molar-refractivity contribution in [1.29, 1.82) is 0 Å². The van der Waals surface area contributed by atoms with Crippen molar-refractivity contribution in [2.75, 3.05) is 52.9 Å². The second-order valence-electron chi connectivity index (χ2n) is 8.54. The molecular weight excluding hydrogens is 456 g/mol. The average molecular weight is 487 g/mol. The van der Waals surface area contributed by atoms with Gasteiger partial charge in [-0.1, -0.05) is 55.1 Å². The summed E-state index contributed by atoms with van der Waals surface area (Å²) in [7, 11) is 0. The predicted octanol–water partition coefficient (Wildman–Crippen LogP) is 5.81. The molecular formula is C30H30O6. The van der Waals surface area contributed by atoms with Crippen LogP contribution in [-0.4, -0.2) is 52.9 Å². The Balaban J connectivity index is 1.36. The number of fused-ring (bicyclic) bond motifs is 4. The Morgan fingerprint density at radius 1 is 0.444 bits per heavy atom. The van der Waals surface area contributed by atoms with Crippen molar-refractivity contribution in [1.82, 2.24) is 0 Å². The van der Waals surface area contributed by atoms with Gasteiger partial charge in [0, 0.05) is 0 Å². The molecule has 4 aromatic carbocycles. The van der Waals surface area contributed by atoms with Crippen LogP contribution in [0.2, 0.25) is 0 Å². The van der Waals surface area contributed by atoms with Crippen molar-refractivity contribution in [3.8, 4) is 23.0 Å². The number of hydrogen-bond donors (Lipinski definition) is 0. The third-order valence-electron chi connectivity index (χ3n) is 5.83. The van der Waals surface area contributed by atoms with Crippen LogP contribution in [0.3, 0.4) is 0 Å². The van der Waals surface area contributed by atoms with E-state index in [1.165, 1.54) is 0 Å². The standard InChI is InChI=1S/C30H30O6/c1-22-20-35-29-18-25-8-4-2-6-23(25)16-27(29)33-14-12-31-10-11-32-13-15-34-28-17-24-7-3-5-9-26(24)19-30(28)36-21-22/h2-9,16-19H,1,10-15,20-21H2. The van der Waals surface area contributed by atoms with Crippen LogP contribution < -0.4 is 18.9 Å².